The number of imide groups is 1. The molecule has 0 aliphatic carbocycles. The SMILES string of the molecule is O=C1CC2(CCN(CCCC(=O)c3ccc(F)cc3)CC2)C(=O)N1. The van der Waals surface area contributed by atoms with Gasteiger partial charge in [-0.15, -0.1) is 0 Å². The molecule has 1 spiro atoms. The zero-order valence-electron chi connectivity index (χ0n) is 13.5. The lowest BCUT2D eigenvalue weighted by Gasteiger charge is -2.36. The Kier molecular flexibility index (Phi) is 4.76. The predicted octanol–water partition coefficient (Wildman–Crippen LogP) is 1.92. The summed E-state index contributed by atoms with van der Waals surface area (Å²) in [6, 6.07) is 5.62. The van der Waals surface area contributed by atoms with Gasteiger partial charge in [-0.05, 0) is 63.2 Å². The van der Waals surface area contributed by atoms with Gasteiger partial charge in [-0.25, -0.2) is 4.39 Å². The zero-order valence-corrected chi connectivity index (χ0v) is 13.5. The summed E-state index contributed by atoms with van der Waals surface area (Å²) in [6.45, 7) is 2.33. The number of halogens is 1. The van der Waals surface area contributed by atoms with Crippen LogP contribution in [0.5, 0.6) is 0 Å². The summed E-state index contributed by atoms with van der Waals surface area (Å²) < 4.78 is 12.9. The quantitative estimate of drug-likeness (QED) is 0.661. The number of likely N-dealkylation sites (tertiary alicyclic amines) is 1. The van der Waals surface area contributed by atoms with Crippen molar-refractivity contribution in [2.24, 2.45) is 5.41 Å². The van der Waals surface area contributed by atoms with E-state index in [1.165, 1.54) is 24.3 Å². The second-order valence-corrected chi connectivity index (χ2v) is 6.71. The molecular weight excluding hydrogens is 311 g/mol. The number of hydrogen-bond donors (Lipinski definition) is 1. The van der Waals surface area contributed by atoms with Gasteiger partial charge in [-0.1, -0.05) is 0 Å². The second kappa shape index (κ2) is 6.81. The average molecular weight is 332 g/mol. The fourth-order valence-corrected chi connectivity index (χ4v) is 3.54. The van der Waals surface area contributed by atoms with Crippen molar-refractivity contribution in [3.05, 3.63) is 35.6 Å². The van der Waals surface area contributed by atoms with Gasteiger partial charge in [-0.3, -0.25) is 19.7 Å². The number of hydrogen-bond acceptors (Lipinski definition) is 4. The van der Waals surface area contributed by atoms with Crippen molar-refractivity contribution >= 4 is 17.6 Å². The Hall–Kier alpha value is -2.08. The van der Waals surface area contributed by atoms with E-state index in [2.05, 4.69) is 10.2 Å². The molecule has 2 saturated heterocycles. The molecule has 0 bridgehead atoms. The lowest BCUT2D eigenvalue weighted by molar-refractivity contribution is -0.130. The third kappa shape index (κ3) is 3.53. The van der Waals surface area contributed by atoms with Gasteiger partial charge in [0, 0.05) is 18.4 Å². The first kappa shape index (κ1) is 16.8. The van der Waals surface area contributed by atoms with E-state index in [9.17, 15) is 18.8 Å². The fraction of sp³-hybridized carbons (Fsp3) is 0.500. The van der Waals surface area contributed by atoms with E-state index >= 15 is 0 Å². The number of carbonyl (C=O) groups is 3. The zero-order chi connectivity index (χ0) is 17.2. The van der Waals surface area contributed by atoms with Crippen molar-refractivity contribution in [3.8, 4) is 0 Å². The van der Waals surface area contributed by atoms with Gasteiger partial charge in [-0.2, -0.15) is 0 Å². The smallest absolute Gasteiger partial charge is 0.233 e. The van der Waals surface area contributed by atoms with E-state index in [4.69, 9.17) is 0 Å². The van der Waals surface area contributed by atoms with Crippen LogP contribution in [0.15, 0.2) is 24.3 Å². The van der Waals surface area contributed by atoms with E-state index in [1.54, 1.807) is 0 Å². The highest BCUT2D eigenvalue weighted by Gasteiger charge is 2.47. The first-order valence-electron chi connectivity index (χ1n) is 8.34. The van der Waals surface area contributed by atoms with Crippen LogP contribution in [0.3, 0.4) is 0 Å². The molecule has 24 heavy (non-hydrogen) atoms. The molecular formula is C18H21FN2O3. The van der Waals surface area contributed by atoms with Crippen LogP contribution in [0, 0.1) is 11.2 Å². The highest BCUT2D eigenvalue weighted by atomic mass is 19.1. The summed E-state index contributed by atoms with van der Waals surface area (Å²) in [7, 11) is 0. The minimum atomic E-state index is -0.502. The minimum absolute atomic E-state index is 0.0178. The van der Waals surface area contributed by atoms with Crippen molar-refractivity contribution in [1.29, 1.82) is 0 Å². The molecule has 0 radical (unpaired) electrons. The van der Waals surface area contributed by atoms with Crippen LogP contribution in [0.4, 0.5) is 4.39 Å². The Morgan fingerprint density at radius 3 is 2.42 bits per heavy atom. The summed E-state index contributed by atoms with van der Waals surface area (Å²) in [6.07, 6.45) is 2.84. The second-order valence-electron chi connectivity index (χ2n) is 6.71. The van der Waals surface area contributed by atoms with Gasteiger partial charge < -0.3 is 4.90 Å². The van der Waals surface area contributed by atoms with Crippen LogP contribution in [-0.2, 0) is 9.59 Å². The molecule has 2 aliphatic rings. The molecule has 5 nitrogen and oxygen atoms in total. The van der Waals surface area contributed by atoms with Crippen LogP contribution in [0.2, 0.25) is 0 Å². The third-order valence-electron chi connectivity index (χ3n) is 5.09. The van der Waals surface area contributed by atoms with E-state index in [-0.39, 0.29) is 23.4 Å². The van der Waals surface area contributed by atoms with E-state index in [1.807, 2.05) is 0 Å². The van der Waals surface area contributed by atoms with Crippen molar-refractivity contribution < 1.29 is 18.8 Å². The van der Waals surface area contributed by atoms with Gasteiger partial charge in [0.05, 0.1) is 5.41 Å². The molecule has 2 heterocycles. The molecule has 2 aliphatic heterocycles. The number of amides is 2. The van der Waals surface area contributed by atoms with Gasteiger partial charge in [0.1, 0.15) is 5.82 Å². The third-order valence-corrected chi connectivity index (χ3v) is 5.09. The van der Waals surface area contributed by atoms with Crippen molar-refractivity contribution in [1.82, 2.24) is 10.2 Å². The van der Waals surface area contributed by atoms with Gasteiger partial charge in [0.2, 0.25) is 11.8 Å². The first-order valence-corrected chi connectivity index (χ1v) is 8.34. The molecule has 0 saturated carbocycles. The highest BCUT2D eigenvalue weighted by molar-refractivity contribution is 6.05. The summed E-state index contributed by atoms with van der Waals surface area (Å²) >= 11 is 0. The Bertz CT molecular complexity index is 649. The summed E-state index contributed by atoms with van der Waals surface area (Å²) in [5.41, 5.74) is 0.0347. The highest BCUT2D eigenvalue weighted by Crippen LogP contribution is 2.38. The number of rotatable bonds is 5. The molecule has 0 aromatic heterocycles. The molecule has 1 aromatic carbocycles. The number of benzene rings is 1. The maximum Gasteiger partial charge on any atom is 0.233 e. The molecule has 3 rings (SSSR count). The lowest BCUT2D eigenvalue weighted by Crippen LogP contribution is -2.44. The summed E-state index contributed by atoms with van der Waals surface area (Å²) in [4.78, 5) is 37.6. The van der Waals surface area contributed by atoms with Crippen LogP contribution < -0.4 is 5.32 Å². The number of carbonyl (C=O) groups excluding carboxylic acids is 3. The molecule has 1 aromatic rings. The lowest BCUT2D eigenvalue weighted by atomic mass is 9.77. The van der Waals surface area contributed by atoms with Crippen molar-refractivity contribution in [2.45, 2.75) is 32.1 Å². The molecule has 0 atom stereocenters. The van der Waals surface area contributed by atoms with Crippen LogP contribution in [0.1, 0.15) is 42.5 Å². The van der Waals surface area contributed by atoms with Crippen molar-refractivity contribution in [3.63, 3.8) is 0 Å². The molecule has 2 fully saturated rings. The van der Waals surface area contributed by atoms with Crippen LogP contribution in [-0.4, -0.2) is 42.1 Å². The largest absolute Gasteiger partial charge is 0.303 e. The van der Waals surface area contributed by atoms with Gasteiger partial charge in [0.15, 0.2) is 5.78 Å². The number of piperidine rings is 1. The average Bonchev–Trinajstić information content (AvgIpc) is 2.83. The topological polar surface area (TPSA) is 66.5 Å². The summed E-state index contributed by atoms with van der Waals surface area (Å²) in [5, 5.41) is 2.40. The molecule has 2 amide bonds. The van der Waals surface area contributed by atoms with Gasteiger partial charge in [0.25, 0.3) is 0 Å². The van der Waals surface area contributed by atoms with E-state index in [0.717, 1.165) is 26.1 Å². The number of Topliss-reactive ketones (excluding diaryl/α,β-unsaturated/α-hetero) is 1. The van der Waals surface area contributed by atoms with E-state index < -0.39 is 5.41 Å². The van der Waals surface area contributed by atoms with E-state index in [0.29, 0.717) is 31.2 Å². The number of ketones is 1. The fourth-order valence-electron chi connectivity index (χ4n) is 3.54. The van der Waals surface area contributed by atoms with Gasteiger partial charge >= 0.3 is 0 Å². The van der Waals surface area contributed by atoms with Crippen LogP contribution >= 0.6 is 0 Å². The Balaban J connectivity index is 1.42. The summed E-state index contributed by atoms with van der Waals surface area (Å²) in [5.74, 6) is -0.621. The normalized spacial score (nSPS) is 20.4. The molecule has 1 N–H and O–H groups in total. The monoisotopic (exact) mass is 332 g/mol. The van der Waals surface area contributed by atoms with Crippen molar-refractivity contribution in [2.75, 3.05) is 19.6 Å². The molecule has 128 valence electrons. The standard InChI is InChI=1S/C18H21FN2O3/c19-14-5-3-13(4-6-14)15(22)2-1-9-21-10-7-18(8-11-21)12-16(23)20-17(18)24/h3-6H,1-2,7-12H2,(H,20,23,24). The molecule has 6 heteroatoms. The predicted molar refractivity (Wildman–Crippen MR) is 85.8 cm³/mol. The maximum absolute atomic E-state index is 12.9. The minimum Gasteiger partial charge on any atom is -0.303 e. The maximum atomic E-state index is 12.9. The number of nitrogens with zero attached hydrogens (tertiary/aromatic N) is 1. The first-order chi connectivity index (χ1) is 11.5. The Morgan fingerprint density at radius 1 is 1.17 bits per heavy atom. The Labute approximate surface area is 140 Å². The number of nitrogens with one attached hydrogen (secondary N) is 1. The molecule has 0 unspecified atom stereocenters. The van der Waals surface area contributed by atoms with Crippen LogP contribution in [0.25, 0.3) is 0 Å². The Morgan fingerprint density at radius 2 is 1.83 bits per heavy atom.